The molecule has 4 heteroatoms. The summed E-state index contributed by atoms with van der Waals surface area (Å²) >= 11 is 6.03. The van der Waals surface area contributed by atoms with E-state index >= 15 is 0 Å². The van der Waals surface area contributed by atoms with Crippen LogP contribution in [0.5, 0.6) is 0 Å². The zero-order valence-corrected chi connectivity index (χ0v) is 13.2. The van der Waals surface area contributed by atoms with Gasteiger partial charge in [0.05, 0.1) is 16.9 Å². The summed E-state index contributed by atoms with van der Waals surface area (Å²) in [7, 11) is 0. The number of halogens is 2. The smallest absolute Gasteiger partial charge is 0.125 e. The molecule has 0 saturated heterocycles. The largest absolute Gasteiger partial charge is 0.327 e. The molecule has 1 heterocycles. The van der Waals surface area contributed by atoms with Crippen molar-refractivity contribution in [3.63, 3.8) is 0 Å². The van der Waals surface area contributed by atoms with E-state index in [1.54, 1.807) is 12.1 Å². The maximum atomic E-state index is 13.5. The number of hydrogen-bond acceptors (Lipinski definition) is 1. The van der Waals surface area contributed by atoms with Crippen molar-refractivity contribution in [2.75, 3.05) is 0 Å². The van der Waals surface area contributed by atoms with Crippen LogP contribution < -0.4 is 0 Å². The summed E-state index contributed by atoms with van der Waals surface area (Å²) in [6, 6.07) is 4.78. The summed E-state index contributed by atoms with van der Waals surface area (Å²) in [6.45, 7) is 3.20. The number of alkyl halides is 1. The molecule has 1 fully saturated rings. The van der Waals surface area contributed by atoms with Gasteiger partial charge in [-0.3, -0.25) is 0 Å². The van der Waals surface area contributed by atoms with E-state index in [0.29, 0.717) is 11.8 Å². The molecular weight excluding hydrogens is 287 g/mol. The molecule has 21 heavy (non-hydrogen) atoms. The standard InChI is InChI=1S/C17H22ClFN2/c1-2-12-3-5-13(6-4-12)11-21-16-9-14(19)7-8-15(16)20-17(21)10-18/h7-9,12-13H,2-6,10-11H2,1H3. The lowest BCUT2D eigenvalue weighted by atomic mass is 9.81. The Hall–Kier alpha value is -1.09. The summed E-state index contributed by atoms with van der Waals surface area (Å²) in [4.78, 5) is 4.53. The second-order valence-electron chi connectivity index (χ2n) is 6.20. The minimum atomic E-state index is -0.209. The van der Waals surface area contributed by atoms with Gasteiger partial charge in [-0.2, -0.15) is 0 Å². The third-order valence-electron chi connectivity index (χ3n) is 4.89. The number of aromatic nitrogens is 2. The van der Waals surface area contributed by atoms with Crippen LogP contribution in [0.1, 0.15) is 44.9 Å². The van der Waals surface area contributed by atoms with E-state index in [4.69, 9.17) is 11.6 Å². The SMILES string of the molecule is CCC1CCC(Cn2c(CCl)nc3ccc(F)cc32)CC1. The Kier molecular flexibility index (Phi) is 4.48. The van der Waals surface area contributed by atoms with E-state index in [9.17, 15) is 4.39 Å². The topological polar surface area (TPSA) is 17.8 Å². The lowest BCUT2D eigenvalue weighted by molar-refractivity contribution is 0.248. The van der Waals surface area contributed by atoms with Crippen molar-refractivity contribution < 1.29 is 4.39 Å². The van der Waals surface area contributed by atoms with Gasteiger partial charge in [-0.15, -0.1) is 11.6 Å². The highest BCUT2D eigenvalue weighted by Crippen LogP contribution is 2.32. The van der Waals surface area contributed by atoms with Crippen molar-refractivity contribution in [1.82, 2.24) is 9.55 Å². The van der Waals surface area contributed by atoms with Crippen LogP contribution >= 0.6 is 11.6 Å². The van der Waals surface area contributed by atoms with Crippen molar-refractivity contribution in [2.45, 2.75) is 51.5 Å². The van der Waals surface area contributed by atoms with E-state index in [1.807, 2.05) is 0 Å². The van der Waals surface area contributed by atoms with Gasteiger partial charge in [0.2, 0.25) is 0 Å². The van der Waals surface area contributed by atoms with Crippen LogP contribution in [0.3, 0.4) is 0 Å². The van der Waals surface area contributed by atoms with Gasteiger partial charge in [0.15, 0.2) is 0 Å². The molecule has 3 rings (SSSR count). The lowest BCUT2D eigenvalue weighted by Crippen LogP contribution is -2.19. The fraction of sp³-hybridized carbons (Fsp3) is 0.588. The van der Waals surface area contributed by atoms with Crippen LogP contribution in [0.25, 0.3) is 11.0 Å². The fourth-order valence-electron chi connectivity index (χ4n) is 3.53. The summed E-state index contributed by atoms with van der Waals surface area (Å²) in [5, 5.41) is 0. The van der Waals surface area contributed by atoms with Crippen molar-refractivity contribution in [3.05, 3.63) is 29.8 Å². The van der Waals surface area contributed by atoms with E-state index < -0.39 is 0 Å². The van der Waals surface area contributed by atoms with Crippen LogP contribution in [0.2, 0.25) is 0 Å². The first kappa shape index (κ1) is 14.8. The van der Waals surface area contributed by atoms with Gasteiger partial charge in [-0.25, -0.2) is 9.37 Å². The first-order chi connectivity index (χ1) is 10.2. The number of rotatable bonds is 4. The Bertz CT molecular complexity index is 615. The Morgan fingerprint density at radius 2 is 1.95 bits per heavy atom. The van der Waals surface area contributed by atoms with Gasteiger partial charge in [0.1, 0.15) is 11.6 Å². The van der Waals surface area contributed by atoms with Gasteiger partial charge >= 0.3 is 0 Å². The van der Waals surface area contributed by atoms with Crippen molar-refractivity contribution in [1.29, 1.82) is 0 Å². The molecule has 0 amide bonds. The molecule has 1 aromatic carbocycles. The van der Waals surface area contributed by atoms with Gasteiger partial charge in [-0.05, 0) is 42.9 Å². The molecule has 2 aromatic rings. The van der Waals surface area contributed by atoms with Crippen molar-refractivity contribution in [3.8, 4) is 0 Å². The molecule has 1 aliphatic carbocycles. The lowest BCUT2D eigenvalue weighted by Gasteiger charge is -2.28. The third-order valence-corrected chi connectivity index (χ3v) is 5.13. The van der Waals surface area contributed by atoms with Gasteiger partial charge < -0.3 is 4.57 Å². The Labute approximate surface area is 130 Å². The summed E-state index contributed by atoms with van der Waals surface area (Å²) < 4.78 is 15.7. The van der Waals surface area contributed by atoms with Crippen LogP contribution in [0, 0.1) is 17.7 Å². The minimum Gasteiger partial charge on any atom is -0.327 e. The highest BCUT2D eigenvalue weighted by molar-refractivity contribution is 6.16. The van der Waals surface area contributed by atoms with Gasteiger partial charge in [0, 0.05) is 6.54 Å². The third kappa shape index (κ3) is 3.08. The molecule has 0 radical (unpaired) electrons. The molecule has 0 N–H and O–H groups in total. The summed E-state index contributed by atoms with van der Waals surface area (Å²) in [5.41, 5.74) is 1.72. The monoisotopic (exact) mass is 308 g/mol. The summed E-state index contributed by atoms with van der Waals surface area (Å²) in [6.07, 6.45) is 6.44. The highest BCUT2D eigenvalue weighted by Gasteiger charge is 2.22. The van der Waals surface area contributed by atoms with E-state index in [1.165, 1.54) is 38.2 Å². The van der Waals surface area contributed by atoms with E-state index in [0.717, 1.165) is 29.3 Å². The zero-order chi connectivity index (χ0) is 14.8. The van der Waals surface area contributed by atoms with Crippen molar-refractivity contribution >= 4 is 22.6 Å². The molecule has 0 atom stereocenters. The van der Waals surface area contributed by atoms with Gasteiger partial charge in [0.25, 0.3) is 0 Å². The molecular formula is C17H22ClFN2. The van der Waals surface area contributed by atoms with Crippen LogP contribution in [-0.4, -0.2) is 9.55 Å². The quantitative estimate of drug-likeness (QED) is 0.716. The number of hydrogen-bond donors (Lipinski definition) is 0. The predicted octanol–water partition coefficient (Wildman–Crippen LogP) is 5.13. The number of imidazole rings is 1. The Morgan fingerprint density at radius 3 is 2.62 bits per heavy atom. The average Bonchev–Trinajstić information content (AvgIpc) is 2.85. The number of benzene rings is 1. The molecule has 1 aliphatic rings. The maximum absolute atomic E-state index is 13.5. The average molecular weight is 309 g/mol. The van der Waals surface area contributed by atoms with Crippen LogP contribution in [0.15, 0.2) is 18.2 Å². The second-order valence-corrected chi connectivity index (χ2v) is 6.47. The first-order valence-corrected chi connectivity index (χ1v) is 8.45. The second kappa shape index (κ2) is 6.35. The molecule has 1 aromatic heterocycles. The van der Waals surface area contributed by atoms with E-state index in [2.05, 4.69) is 16.5 Å². The van der Waals surface area contributed by atoms with Crippen molar-refractivity contribution in [2.24, 2.45) is 11.8 Å². The highest BCUT2D eigenvalue weighted by atomic mass is 35.5. The molecule has 1 saturated carbocycles. The first-order valence-electron chi connectivity index (χ1n) is 7.92. The van der Waals surface area contributed by atoms with Crippen LogP contribution in [-0.2, 0) is 12.4 Å². The molecule has 0 spiro atoms. The van der Waals surface area contributed by atoms with E-state index in [-0.39, 0.29) is 5.82 Å². The molecule has 0 unspecified atom stereocenters. The molecule has 114 valence electrons. The minimum absolute atomic E-state index is 0.209. The number of nitrogens with zero attached hydrogens (tertiary/aromatic N) is 2. The Morgan fingerprint density at radius 1 is 1.24 bits per heavy atom. The summed E-state index contributed by atoms with van der Waals surface area (Å²) in [5.74, 6) is 2.58. The number of fused-ring (bicyclic) bond motifs is 1. The molecule has 0 bridgehead atoms. The maximum Gasteiger partial charge on any atom is 0.125 e. The van der Waals surface area contributed by atoms with Gasteiger partial charge in [-0.1, -0.05) is 26.2 Å². The zero-order valence-electron chi connectivity index (χ0n) is 12.5. The van der Waals surface area contributed by atoms with Crippen LogP contribution in [0.4, 0.5) is 4.39 Å². The normalized spacial score (nSPS) is 22.8. The predicted molar refractivity (Wildman–Crippen MR) is 85.0 cm³/mol. The Balaban J connectivity index is 1.84. The molecule has 0 aliphatic heterocycles. The molecule has 2 nitrogen and oxygen atoms in total. The fourth-order valence-corrected chi connectivity index (χ4v) is 3.74.